The normalized spacial score (nSPS) is 22.3. The summed E-state index contributed by atoms with van der Waals surface area (Å²) >= 11 is 0. The van der Waals surface area contributed by atoms with Gasteiger partial charge in [0.25, 0.3) is 5.78 Å². The number of aryl methyl sites for hydroxylation is 1. The Hall–Kier alpha value is -1.73. The molecule has 3 heterocycles. The summed E-state index contributed by atoms with van der Waals surface area (Å²) in [6.45, 7) is 7.66. The van der Waals surface area contributed by atoms with Crippen LogP contribution in [0.1, 0.15) is 37.8 Å². The molecule has 0 unspecified atom stereocenters. The van der Waals surface area contributed by atoms with Crippen molar-refractivity contribution < 1.29 is 0 Å². The minimum atomic E-state index is 0.267. The molecule has 7 nitrogen and oxygen atoms in total. The van der Waals surface area contributed by atoms with Gasteiger partial charge in [-0.25, -0.2) is 4.98 Å². The highest BCUT2D eigenvalue weighted by molar-refractivity contribution is 5.45. The maximum absolute atomic E-state index is 4.44. The van der Waals surface area contributed by atoms with E-state index in [-0.39, 0.29) is 5.54 Å². The van der Waals surface area contributed by atoms with Crippen LogP contribution in [-0.2, 0) is 0 Å². The maximum Gasteiger partial charge on any atom is 0.254 e. The van der Waals surface area contributed by atoms with Crippen LogP contribution in [-0.4, -0.2) is 74.7 Å². The molecule has 1 aliphatic heterocycles. The largest absolute Gasteiger partial charge is 0.368 e. The molecule has 0 amide bonds. The molecule has 1 aliphatic carbocycles. The van der Waals surface area contributed by atoms with Gasteiger partial charge in [-0.3, -0.25) is 4.90 Å². The summed E-state index contributed by atoms with van der Waals surface area (Å²) in [5.74, 6) is 1.67. The van der Waals surface area contributed by atoms with Gasteiger partial charge in [0.1, 0.15) is 12.1 Å². The van der Waals surface area contributed by atoms with Gasteiger partial charge in [0.05, 0.1) is 0 Å². The average Bonchev–Trinajstić information content (AvgIpc) is 3.09. The number of rotatable bonds is 4. The van der Waals surface area contributed by atoms with Crippen molar-refractivity contribution >= 4 is 11.6 Å². The van der Waals surface area contributed by atoms with E-state index in [9.17, 15) is 0 Å². The number of piperazine rings is 1. The van der Waals surface area contributed by atoms with Gasteiger partial charge in [-0.2, -0.15) is 14.6 Å². The molecule has 0 aromatic carbocycles. The summed E-state index contributed by atoms with van der Waals surface area (Å²) in [6.07, 6.45) is 8.19. The first-order chi connectivity index (χ1) is 12.2. The lowest BCUT2D eigenvalue weighted by atomic mass is 9.79. The number of nitrogens with one attached hydrogen (secondary N) is 1. The van der Waals surface area contributed by atoms with Crippen molar-refractivity contribution in [3.8, 4) is 0 Å². The second kappa shape index (κ2) is 6.88. The lowest BCUT2D eigenvalue weighted by molar-refractivity contribution is 0.0221. The smallest absolute Gasteiger partial charge is 0.254 e. The molecule has 2 aromatic heterocycles. The Morgan fingerprint density at radius 1 is 1.12 bits per heavy atom. The minimum absolute atomic E-state index is 0.267. The summed E-state index contributed by atoms with van der Waals surface area (Å²) in [5.41, 5.74) is 1.24. The second-order valence-corrected chi connectivity index (χ2v) is 7.68. The second-order valence-electron chi connectivity index (χ2n) is 7.68. The lowest BCUT2D eigenvalue weighted by Gasteiger charge is -2.49. The summed E-state index contributed by atoms with van der Waals surface area (Å²) in [6, 6.07) is 2.07. The maximum atomic E-state index is 4.44. The molecule has 0 radical (unpaired) electrons. The number of anilines is 1. The zero-order valence-electron chi connectivity index (χ0n) is 15.4. The summed E-state index contributed by atoms with van der Waals surface area (Å²) < 4.78 is 1.81. The molecule has 0 spiro atoms. The first-order valence-electron chi connectivity index (χ1n) is 9.51. The van der Waals surface area contributed by atoms with Crippen LogP contribution in [0.2, 0.25) is 0 Å². The summed E-state index contributed by atoms with van der Waals surface area (Å²) in [7, 11) is 2.23. The zero-order chi connectivity index (χ0) is 17.3. The zero-order valence-corrected chi connectivity index (χ0v) is 15.4. The van der Waals surface area contributed by atoms with Crippen LogP contribution in [0, 0.1) is 6.92 Å². The Bertz CT molecular complexity index is 711. The van der Waals surface area contributed by atoms with Crippen molar-refractivity contribution in [3.05, 3.63) is 18.1 Å². The Morgan fingerprint density at radius 2 is 1.88 bits per heavy atom. The Morgan fingerprint density at radius 3 is 2.64 bits per heavy atom. The monoisotopic (exact) mass is 343 g/mol. The molecule has 0 bridgehead atoms. The Balaban J connectivity index is 1.55. The van der Waals surface area contributed by atoms with Crippen molar-refractivity contribution in [2.75, 3.05) is 45.1 Å². The Kier molecular flexibility index (Phi) is 4.60. The fourth-order valence-corrected chi connectivity index (χ4v) is 4.41. The Labute approximate surface area is 149 Å². The van der Waals surface area contributed by atoms with Gasteiger partial charge in [0.2, 0.25) is 0 Å². The number of nitrogens with zero attached hydrogens (tertiary/aromatic N) is 6. The summed E-state index contributed by atoms with van der Waals surface area (Å²) in [4.78, 5) is 13.9. The molecule has 4 rings (SSSR count). The van der Waals surface area contributed by atoms with E-state index in [1.165, 1.54) is 58.3 Å². The first kappa shape index (κ1) is 16.7. The third-order valence-corrected chi connectivity index (χ3v) is 5.94. The number of likely N-dealkylation sites (N-methyl/N-ethyl adjacent to an activating group) is 1. The average molecular weight is 343 g/mol. The van der Waals surface area contributed by atoms with Crippen molar-refractivity contribution in [3.63, 3.8) is 0 Å². The van der Waals surface area contributed by atoms with Gasteiger partial charge < -0.3 is 10.2 Å². The molecule has 25 heavy (non-hydrogen) atoms. The van der Waals surface area contributed by atoms with Crippen LogP contribution < -0.4 is 5.32 Å². The van der Waals surface area contributed by atoms with Gasteiger partial charge in [-0.1, -0.05) is 19.3 Å². The van der Waals surface area contributed by atoms with E-state index in [1.54, 1.807) is 6.33 Å². The van der Waals surface area contributed by atoms with Gasteiger partial charge in [-0.15, -0.1) is 0 Å². The highest BCUT2D eigenvalue weighted by Crippen LogP contribution is 2.34. The van der Waals surface area contributed by atoms with Crippen LogP contribution in [0.15, 0.2) is 12.4 Å². The van der Waals surface area contributed by atoms with Gasteiger partial charge in [-0.05, 0) is 26.8 Å². The molecule has 1 N–H and O–H groups in total. The molecule has 2 fully saturated rings. The molecular weight excluding hydrogens is 314 g/mol. The fourth-order valence-electron chi connectivity index (χ4n) is 4.41. The number of hydrogen-bond donors (Lipinski definition) is 1. The van der Waals surface area contributed by atoms with E-state index < -0.39 is 0 Å². The van der Waals surface area contributed by atoms with Crippen LogP contribution in [0.25, 0.3) is 5.78 Å². The van der Waals surface area contributed by atoms with Crippen molar-refractivity contribution in [2.45, 2.75) is 44.6 Å². The molecule has 1 saturated heterocycles. The molecule has 7 heteroatoms. The first-order valence-corrected chi connectivity index (χ1v) is 9.51. The topological polar surface area (TPSA) is 61.6 Å². The van der Waals surface area contributed by atoms with E-state index >= 15 is 0 Å². The van der Waals surface area contributed by atoms with E-state index in [1.807, 2.05) is 11.4 Å². The van der Waals surface area contributed by atoms with E-state index in [2.05, 4.69) is 43.3 Å². The fraction of sp³-hybridized carbons (Fsp3) is 0.722. The molecule has 2 aromatic rings. The van der Waals surface area contributed by atoms with Gasteiger partial charge >= 0.3 is 0 Å². The molecular formula is C18H29N7. The number of hydrogen-bond acceptors (Lipinski definition) is 6. The predicted molar refractivity (Wildman–Crippen MR) is 98.9 cm³/mol. The quantitative estimate of drug-likeness (QED) is 0.913. The van der Waals surface area contributed by atoms with Crippen LogP contribution in [0.5, 0.6) is 0 Å². The third kappa shape index (κ3) is 3.35. The van der Waals surface area contributed by atoms with E-state index in [0.717, 1.165) is 18.1 Å². The van der Waals surface area contributed by atoms with Crippen LogP contribution in [0.3, 0.4) is 0 Å². The van der Waals surface area contributed by atoms with Crippen LogP contribution in [0.4, 0.5) is 5.82 Å². The highest BCUT2D eigenvalue weighted by atomic mass is 15.4. The number of fused-ring (bicyclic) bond motifs is 1. The van der Waals surface area contributed by atoms with Gasteiger partial charge in [0.15, 0.2) is 0 Å². The SMILES string of the molecule is Cc1cc(NCC2(N3CCN(C)CC3)CCCCC2)n2ncnc2n1. The molecule has 1 saturated carbocycles. The summed E-state index contributed by atoms with van der Waals surface area (Å²) in [5, 5.41) is 8.03. The van der Waals surface area contributed by atoms with Gasteiger partial charge in [0, 0.05) is 50.0 Å². The standard InChI is InChI=1S/C18H29N7/c1-15-12-16(25-17(22-15)20-14-21-25)19-13-18(6-4-3-5-7-18)24-10-8-23(2)9-11-24/h12,14,19H,3-11,13H2,1-2H3. The molecule has 2 aliphatic rings. The van der Waals surface area contributed by atoms with E-state index in [4.69, 9.17) is 0 Å². The van der Waals surface area contributed by atoms with Crippen molar-refractivity contribution in [1.82, 2.24) is 29.4 Å². The minimum Gasteiger partial charge on any atom is -0.368 e. The highest BCUT2D eigenvalue weighted by Gasteiger charge is 2.38. The number of aromatic nitrogens is 4. The lowest BCUT2D eigenvalue weighted by Crippen LogP contribution is -2.60. The molecule has 136 valence electrons. The van der Waals surface area contributed by atoms with Crippen molar-refractivity contribution in [1.29, 1.82) is 0 Å². The van der Waals surface area contributed by atoms with Crippen LogP contribution >= 0.6 is 0 Å². The van der Waals surface area contributed by atoms with E-state index in [0.29, 0.717) is 5.78 Å². The van der Waals surface area contributed by atoms with Crippen molar-refractivity contribution in [2.24, 2.45) is 0 Å². The third-order valence-electron chi connectivity index (χ3n) is 5.94. The molecule has 0 atom stereocenters. The predicted octanol–water partition coefficient (Wildman–Crippen LogP) is 1.79.